The lowest BCUT2D eigenvalue weighted by molar-refractivity contribution is 0.0696. The van der Waals surface area contributed by atoms with Crippen LogP contribution in [0.3, 0.4) is 0 Å². The van der Waals surface area contributed by atoms with Crippen molar-refractivity contribution in [2.75, 3.05) is 5.32 Å². The van der Waals surface area contributed by atoms with Crippen molar-refractivity contribution in [3.05, 3.63) is 29.3 Å². The van der Waals surface area contributed by atoms with E-state index in [0.717, 1.165) is 19.3 Å². The van der Waals surface area contributed by atoms with E-state index < -0.39 is 5.97 Å². The van der Waals surface area contributed by atoms with Crippen molar-refractivity contribution < 1.29 is 14.7 Å². The number of amides is 2. The summed E-state index contributed by atoms with van der Waals surface area (Å²) in [6, 6.07) is 4.69. The Bertz CT molecular complexity index is 486. The minimum absolute atomic E-state index is 0.143. The summed E-state index contributed by atoms with van der Waals surface area (Å²) in [7, 11) is 0. The van der Waals surface area contributed by atoms with E-state index in [1.54, 1.807) is 19.1 Å². The Morgan fingerprint density at radius 3 is 2.55 bits per heavy atom. The molecule has 5 nitrogen and oxygen atoms in total. The average molecular weight is 278 g/mol. The molecule has 0 aliphatic rings. The van der Waals surface area contributed by atoms with Crippen LogP contribution in [0, 0.1) is 6.92 Å². The average Bonchev–Trinajstić information content (AvgIpc) is 2.40. The van der Waals surface area contributed by atoms with E-state index in [0.29, 0.717) is 11.3 Å². The molecule has 1 unspecified atom stereocenters. The highest BCUT2D eigenvalue weighted by Crippen LogP contribution is 2.15. The van der Waals surface area contributed by atoms with Gasteiger partial charge in [0.2, 0.25) is 0 Å². The first-order chi connectivity index (χ1) is 9.47. The second kappa shape index (κ2) is 7.53. The number of benzene rings is 1. The summed E-state index contributed by atoms with van der Waals surface area (Å²) < 4.78 is 0. The first-order valence-corrected chi connectivity index (χ1v) is 6.89. The van der Waals surface area contributed by atoms with Crippen LogP contribution < -0.4 is 10.6 Å². The fourth-order valence-electron chi connectivity index (χ4n) is 2.01. The molecule has 0 heterocycles. The molecule has 0 bridgehead atoms. The van der Waals surface area contributed by atoms with Gasteiger partial charge >= 0.3 is 12.0 Å². The molecule has 3 N–H and O–H groups in total. The minimum atomic E-state index is -0.996. The topological polar surface area (TPSA) is 78.4 Å². The van der Waals surface area contributed by atoms with Crippen molar-refractivity contribution in [2.45, 2.75) is 46.1 Å². The summed E-state index contributed by atoms with van der Waals surface area (Å²) in [6.07, 6.45) is 2.81. The normalized spacial score (nSPS) is 11.8. The van der Waals surface area contributed by atoms with Gasteiger partial charge in [-0.3, -0.25) is 0 Å². The van der Waals surface area contributed by atoms with Crippen molar-refractivity contribution >= 4 is 17.7 Å². The van der Waals surface area contributed by atoms with Crippen LogP contribution >= 0.6 is 0 Å². The number of hydrogen-bond donors (Lipinski definition) is 3. The van der Waals surface area contributed by atoms with Crippen molar-refractivity contribution in [3.63, 3.8) is 0 Å². The van der Waals surface area contributed by atoms with Crippen LogP contribution in [0.2, 0.25) is 0 Å². The van der Waals surface area contributed by atoms with Gasteiger partial charge in [0.15, 0.2) is 0 Å². The molecule has 110 valence electrons. The number of carbonyl (C=O) groups excluding carboxylic acids is 1. The van der Waals surface area contributed by atoms with Crippen molar-refractivity contribution in [2.24, 2.45) is 0 Å². The van der Waals surface area contributed by atoms with Gasteiger partial charge in [-0.1, -0.05) is 26.3 Å². The highest BCUT2D eigenvalue weighted by molar-refractivity contribution is 5.94. The Balaban J connectivity index is 2.71. The Hall–Kier alpha value is -2.04. The predicted octanol–water partition coefficient (Wildman–Crippen LogP) is 3.39. The molecule has 5 heteroatoms. The van der Waals surface area contributed by atoms with Gasteiger partial charge in [-0.15, -0.1) is 0 Å². The standard InChI is InChI=1S/C15H22N2O3/c1-4-6-11(5-2)16-15(20)17-12-8-7-10(3)13(9-12)14(18)19/h7-9,11H,4-6H2,1-3H3,(H,18,19)(H2,16,17,20). The molecule has 0 aromatic heterocycles. The van der Waals surface area contributed by atoms with Crippen molar-refractivity contribution in [3.8, 4) is 0 Å². The smallest absolute Gasteiger partial charge is 0.336 e. The Kier molecular flexibility index (Phi) is 6.03. The number of aromatic carboxylic acids is 1. The van der Waals surface area contributed by atoms with E-state index >= 15 is 0 Å². The van der Waals surface area contributed by atoms with Crippen LogP contribution in [0.4, 0.5) is 10.5 Å². The van der Waals surface area contributed by atoms with E-state index in [1.807, 2.05) is 6.92 Å². The predicted molar refractivity (Wildman–Crippen MR) is 79.3 cm³/mol. The second-order valence-corrected chi connectivity index (χ2v) is 4.83. The molecule has 0 aliphatic heterocycles. The molecule has 0 aliphatic carbocycles. The molecule has 0 saturated heterocycles. The number of anilines is 1. The maximum Gasteiger partial charge on any atom is 0.336 e. The molecule has 0 fully saturated rings. The fraction of sp³-hybridized carbons (Fsp3) is 0.467. The lowest BCUT2D eigenvalue weighted by Crippen LogP contribution is -2.37. The van der Waals surface area contributed by atoms with Crippen LogP contribution in [0.5, 0.6) is 0 Å². The van der Waals surface area contributed by atoms with Crippen LogP contribution in [0.25, 0.3) is 0 Å². The van der Waals surface area contributed by atoms with Crippen LogP contribution in [-0.4, -0.2) is 23.1 Å². The van der Waals surface area contributed by atoms with Crippen LogP contribution in [0.15, 0.2) is 18.2 Å². The molecular formula is C15H22N2O3. The monoisotopic (exact) mass is 278 g/mol. The number of carboxylic acid groups (broad SMARTS) is 1. The summed E-state index contributed by atoms with van der Waals surface area (Å²) in [5.41, 5.74) is 1.35. The Morgan fingerprint density at radius 2 is 2.00 bits per heavy atom. The lowest BCUT2D eigenvalue weighted by Gasteiger charge is -2.17. The molecule has 1 aromatic rings. The van der Waals surface area contributed by atoms with Gasteiger partial charge < -0.3 is 15.7 Å². The van der Waals surface area contributed by atoms with E-state index in [4.69, 9.17) is 5.11 Å². The number of hydrogen-bond acceptors (Lipinski definition) is 2. The van der Waals surface area contributed by atoms with Crippen LogP contribution in [0.1, 0.15) is 49.0 Å². The summed E-state index contributed by atoms with van der Waals surface area (Å²) >= 11 is 0. The first-order valence-electron chi connectivity index (χ1n) is 6.89. The van der Waals surface area contributed by atoms with Gasteiger partial charge in [0.1, 0.15) is 0 Å². The number of carbonyl (C=O) groups is 2. The molecule has 20 heavy (non-hydrogen) atoms. The van der Waals surface area contributed by atoms with E-state index in [9.17, 15) is 9.59 Å². The molecule has 0 radical (unpaired) electrons. The summed E-state index contributed by atoms with van der Waals surface area (Å²) in [5.74, 6) is -0.996. The first kappa shape index (κ1) is 16.0. The third-order valence-corrected chi connectivity index (χ3v) is 3.19. The molecular weight excluding hydrogens is 256 g/mol. The number of aryl methyl sites for hydroxylation is 1. The highest BCUT2D eigenvalue weighted by atomic mass is 16.4. The third kappa shape index (κ3) is 4.57. The lowest BCUT2D eigenvalue weighted by atomic mass is 10.1. The quantitative estimate of drug-likeness (QED) is 0.746. The van der Waals surface area contributed by atoms with E-state index in [2.05, 4.69) is 17.6 Å². The molecule has 0 saturated carbocycles. The third-order valence-electron chi connectivity index (χ3n) is 3.19. The maximum atomic E-state index is 11.9. The van der Waals surface area contributed by atoms with Crippen molar-refractivity contribution in [1.82, 2.24) is 5.32 Å². The zero-order valence-electron chi connectivity index (χ0n) is 12.2. The molecule has 1 atom stereocenters. The number of nitrogens with one attached hydrogen (secondary N) is 2. The zero-order valence-corrected chi connectivity index (χ0v) is 12.2. The molecule has 2 amide bonds. The largest absolute Gasteiger partial charge is 0.478 e. The second-order valence-electron chi connectivity index (χ2n) is 4.83. The summed E-state index contributed by atoms with van der Waals surface area (Å²) in [6.45, 7) is 5.82. The van der Waals surface area contributed by atoms with Gasteiger partial charge in [-0.05, 0) is 37.5 Å². The number of rotatable bonds is 6. The zero-order chi connectivity index (χ0) is 15.1. The van der Waals surface area contributed by atoms with Gasteiger partial charge in [0.05, 0.1) is 5.56 Å². The Morgan fingerprint density at radius 1 is 1.30 bits per heavy atom. The van der Waals surface area contributed by atoms with Gasteiger partial charge in [-0.2, -0.15) is 0 Å². The fourth-order valence-corrected chi connectivity index (χ4v) is 2.01. The van der Waals surface area contributed by atoms with E-state index in [1.165, 1.54) is 6.07 Å². The summed E-state index contributed by atoms with van der Waals surface area (Å²) in [4.78, 5) is 22.9. The molecule has 0 spiro atoms. The number of carboxylic acids is 1. The maximum absolute atomic E-state index is 11.9. The van der Waals surface area contributed by atoms with Gasteiger partial charge in [0, 0.05) is 11.7 Å². The SMILES string of the molecule is CCCC(CC)NC(=O)Nc1ccc(C)c(C(=O)O)c1. The number of urea groups is 1. The van der Waals surface area contributed by atoms with E-state index in [-0.39, 0.29) is 17.6 Å². The summed E-state index contributed by atoms with van der Waals surface area (Å²) in [5, 5.41) is 14.6. The van der Waals surface area contributed by atoms with Gasteiger partial charge in [-0.25, -0.2) is 9.59 Å². The van der Waals surface area contributed by atoms with Crippen LogP contribution in [-0.2, 0) is 0 Å². The van der Waals surface area contributed by atoms with Gasteiger partial charge in [0.25, 0.3) is 0 Å². The molecule has 1 rings (SSSR count). The van der Waals surface area contributed by atoms with Crippen molar-refractivity contribution in [1.29, 1.82) is 0 Å². The molecule has 1 aromatic carbocycles. The Labute approximate surface area is 119 Å². The minimum Gasteiger partial charge on any atom is -0.478 e. The highest BCUT2D eigenvalue weighted by Gasteiger charge is 2.12.